The number of amides is 2. The zero-order chi connectivity index (χ0) is 19.1. The highest BCUT2D eigenvalue weighted by Gasteiger charge is 2.44. The zero-order valence-corrected chi connectivity index (χ0v) is 16.8. The van der Waals surface area contributed by atoms with Gasteiger partial charge in [-0.25, -0.2) is 5.84 Å². The molecule has 0 atom stereocenters. The molecule has 2 amide bonds. The molecule has 1 rings (SSSR count). The van der Waals surface area contributed by atoms with E-state index in [2.05, 4.69) is 50.3 Å². The maximum atomic E-state index is 12.3. The fourth-order valence-electron chi connectivity index (χ4n) is 4.28. The fraction of sp³-hybridized carbons (Fsp3) is 0.895. The standard InChI is InChI=1S/C19H38N4O2/c1-6-7-12-23-18(2,3)13-15(14-19(23,4)5)21-16(24)10-8-9-11-17(25)22-20/h15H,6-14,20H2,1-5H3,(H,21,24)(H,22,25). The Morgan fingerprint density at radius 1 is 1.00 bits per heavy atom. The number of carbonyl (C=O) groups is 2. The number of rotatable bonds is 9. The van der Waals surface area contributed by atoms with Gasteiger partial charge in [-0.15, -0.1) is 0 Å². The van der Waals surface area contributed by atoms with Crippen LogP contribution >= 0.6 is 0 Å². The smallest absolute Gasteiger partial charge is 0.233 e. The topological polar surface area (TPSA) is 87.5 Å². The second kappa shape index (κ2) is 9.53. The summed E-state index contributed by atoms with van der Waals surface area (Å²) in [6.45, 7) is 12.5. The van der Waals surface area contributed by atoms with Gasteiger partial charge in [0.2, 0.25) is 11.8 Å². The highest BCUT2D eigenvalue weighted by atomic mass is 16.2. The molecule has 0 aromatic rings. The van der Waals surface area contributed by atoms with Gasteiger partial charge in [0, 0.05) is 30.0 Å². The summed E-state index contributed by atoms with van der Waals surface area (Å²) in [6.07, 6.45) is 6.59. The summed E-state index contributed by atoms with van der Waals surface area (Å²) in [5.41, 5.74) is 2.27. The Hall–Kier alpha value is -1.14. The molecule has 0 radical (unpaired) electrons. The van der Waals surface area contributed by atoms with Gasteiger partial charge in [-0.3, -0.25) is 19.9 Å². The number of carbonyl (C=O) groups excluding carboxylic acids is 2. The Labute approximate surface area is 153 Å². The average molecular weight is 355 g/mol. The number of piperidine rings is 1. The van der Waals surface area contributed by atoms with Gasteiger partial charge < -0.3 is 5.32 Å². The van der Waals surface area contributed by atoms with Crippen LogP contribution in [0.4, 0.5) is 0 Å². The van der Waals surface area contributed by atoms with Crippen LogP contribution in [0.1, 0.15) is 86.0 Å². The number of nitrogens with two attached hydrogens (primary N) is 1. The molecule has 0 aliphatic carbocycles. The molecule has 0 spiro atoms. The molecule has 0 aromatic carbocycles. The largest absolute Gasteiger partial charge is 0.353 e. The normalized spacial score (nSPS) is 20.2. The van der Waals surface area contributed by atoms with Crippen molar-refractivity contribution in [2.24, 2.45) is 5.84 Å². The first-order valence-electron chi connectivity index (χ1n) is 9.69. The predicted molar refractivity (Wildman–Crippen MR) is 102 cm³/mol. The lowest BCUT2D eigenvalue weighted by Crippen LogP contribution is -2.64. The summed E-state index contributed by atoms with van der Waals surface area (Å²) in [5.74, 6) is 4.96. The van der Waals surface area contributed by atoms with E-state index in [1.54, 1.807) is 0 Å². The monoisotopic (exact) mass is 354 g/mol. The third-order valence-corrected chi connectivity index (χ3v) is 5.27. The quantitative estimate of drug-likeness (QED) is 0.257. The van der Waals surface area contributed by atoms with E-state index in [9.17, 15) is 9.59 Å². The highest BCUT2D eigenvalue weighted by molar-refractivity contribution is 5.77. The van der Waals surface area contributed by atoms with Crippen molar-refractivity contribution in [2.75, 3.05) is 6.54 Å². The molecule has 1 aliphatic rings. The second-order valence-electron chi connectivity index (χ2n) is 8.58. The van der Waals surface area contributed by atoms with Crippen molar-refractivity contribution in [1.29, 1.82) is 0 Å². The molecule has 6 nitrogen and oxygen atoms in total. The Morgan fingerprint density at radius 3 is 2.00 bits per heavy atom. The van der Waals surface area contributed by atoms with E-state index >= 15 is 0 Å². The van der Waals surface area contributed by atoms with Crippen LogP contribution in [0.25, 0.3) is 0 Å². The van der Waals surface area contributed by atoms with Crippen LogP contribution in [-0.4, -0.2) is 40.4 Å². The first-order chi connectivity index (χ1) is 11.6. The summed E-state index contributed by atoms with van der Waals surface area (Å²) < 4.78 is 0. The Morgan fingerprint density at radius 2 is 1.52 bits per heavy atom. The molecular formula is C19H38N4O2. The lowest BCUT2D eigenvalue weighted by Gasteiger charge is -2.55. The minimum atomic E-state index is -0.177. The third kappa shape index (κ3) is 6.94. The maximum Gasteiger partial charge on any atom is 0.233 e. The number of hydrogen-bond acceptors (Lipinski definition) is 4. The van der Waals surface area contributed by atoms with Gasteiger partial charge in [0.15, 0.2) is 0 Å². The number of unbranched alkanes of at least 4 members (excludes halogenated alkanes) is 2. The molecule has 0 aromatic heterocycles. The van der Waals surface area contributed by atoms with Crippen molar-refractivity contribution < 1.29 is 9.59 Å². The van der Waals surface area contributed by atoms with Gasteiger partial charge in [-0.05, 0) is 66.3 Å². The highest BCUT2D eigenvalue weighted by Crippen LogP contribution is 2.38. The number of hydrazine groups is 1. The van der Waals surface area contributed by atoms with Crippen molar-refractivity contribution >= 4 is 11.8 Å². The molecular weight excluding hydrogens is 316 g/mol. The number of nitrogens with zero attached hydrogens (tertiary/aromatic N) is 1. The third-order valence-electron chi connectivity index (χ3n) is 5.27. The van der Waals surface area contributed by atoms with Crippen LogP contribution in [0.5, 0.6) is 0 Å². The predicted octanol–water partition coefficient (Wildman–Crippen LogP) is 2.47. The fourth-order valence-corrected chi connectivity index (χ4v) is 4.28. The Kier molecular flexibility index (Phi) is 8.35. The molecule has 25 heavy (non-hydrogen) atoms. The van der Waals surface area contributed by atoms with Gasteiger partial charge in [-0.2, -0.15) is 0 Å². The molecule has 4 N–H and O–H groups in total. The summed E-state index contributed by atoms with van der Waals surface area (Å²) in [7, 11) is 0. The average Bonchev–Trinajstić information content (AvgIpc) is 2.49. The van der Waals surface area contributed by atoms with Crippen LogP contribution in [0.3, 0.4) is 0 Å². The Bertz CT molecular complexity index is 431. The number of nitrogens with one attached hydrogen (secondary N) is 2. The van der Waals surface area contributed by atoms with E-state index in [0.29, 0.717) is 25.7 Å². The van der Waals surface area contributed by atoms with Crippen molar-refractivity contribution in [2.45, 2.75) is 103 Å². The van der Waals surface area contributed by atoms with Crippen LogP contribution in [-0.2, 0) is 9.59 Å². The molecule has 0 unspecified atom stereocenters. The SMILES string of the molecule is CCCCN1C(C)(C)CC(NC(=O)CCCCC(=O)NN)CC1(C)C. The van der Waals surface area contributed by atoms with E-state index in [-0.39, 0.29) is 28.9 Å². The van der Waals surface area contributed by atoms with Crippen molar-refractivity contribution in [3.8, 4) is 0 Å². The Balaban J connectivity index is 2.50. The van der Waals surface area contributed by atoms with Gasteiger partial charge >= 0.3 is 0 Å². The molecule has 0 saturated carbocycles. The van der Waals surface area contributed by atoms with Gasteiger partial charge in [-0.1, -0.05) is 13.3 Å². The first kappa shape index (κ1) is 21.9. The van der Waals surface area contributed by atoms with Crippen LogP contribution < -0.4 is 16.6 Å². The number of hydrogen-bond donors (Lipinski definition) is 3. The maximum absolute atomic E-state index is 12.3. The molecule has 0 bridgehead atoms. The van der Waals surface area contributed by atoms with E-state index in [4.69, 9.17) is 5.84 Å². The van der Waals surface area contributed by atoms with Crippen molar-refractivity contribution in [3.63, 3.8) is 0 Å². The summed E-state index contributed by atoms with van der Waals surface area (Å²) in [4.78, 5) is 25.9. The van der Waals surface area contributed by atoms with Gasteiger partial charge in [0.1, 0.15) is 0 Å². The van der Waals surface area contributed by atoms with Crippen LogP contribution in [0.15, 0.2) is 0 Å². The van der Waals surface area contributed by atoms with E-state index in [0.717, 1.165) is 19.4 Å². The molecule has 6 heteroatoms. The second-order valence-corrected chi connectivity index (χ2v) is 8.58. The summed E-state index contributed by atoms with van der Waals surface area (Å²) >= 11 is 0. The van der Waals surface area contributed by atoms with E-state index in [1.807, 2.05) is 0 Å². The molecule has 1 saturated heterocycles. The minimum absolute atomic E-state index is 0.0775. The minimum Gasteiger partial charge on any atom is -0.353 e. The first-order valence-corrected chi connectivity index (χ1v) is 9.69. The van der Waals surface area contributed by atoms with E-state index < -0.39 is 0 Å². The lowest BCUT2D eigenvalue weighted by atomic mass is 9.76. The lowest BCUT2D eigenvalue weighted by molar-refractivity contribution is -0.124. The van der Waals surface area contributed by atoms with E-state index in [1.165, 1.54) is 12.8 Å². The van der Waals surface area contributed by atoms with Crippen molar-refractivity contribution in [1.82, 2.24) is 15.6 Å². The summed E-state index contributed by atoms with van der Waals surface area (Å²) in [5, 5.41) is 3.22. The van der Waals surface area contributed by atoms with Crippen LogP contribution in [0, 0.1) is 0 Å². The molecule has 1 aliphatic heterocycles. The number of likely N-dealkylation sites (tertiary alicyclic amines) is 1. The van der Waals surface area contributed by atoms with Gasteiger partial charge in [0.05, 0.1) is 0 Å². The molecule has 146 valence electrons. The van der Waals surface area contributed by atoms with Crippen molar-refractivity contribution in [3.05, 3.63) is 0 Å². The zero-order valence-electron chi connectivity index (χ0n) is 16.8. The molecule has 1 heterocycles. The van der Waals surface area contributed by atoms with Crippen LogP contribution in [0.2, 0.25) is 0 Å². The van der Waals surface area contributed by atoms with Gasteiger partial charge in [0.25, 0.3) is 0 Å². The summed E-state index contributed by atoms with van der Waals surface area (Å²) in [6, 6.07) is 0.211. The molecule has 1 fully saturated rings.